The third-order valence-electron chi connectivity index (χ3n) is 2.90. The molecule has 1 N–H and O–H groups in total. The van der Waals surface area contributed by atoms with Crippen LogP contribution in [0.25, 0.3) is 21.7 Å². The van der Waals surface area contributed by atoms with Crippen LogP contribution in [0.5, 0.6) is 0 Å². The molecule has 82 valence electrons. The van der Waals surface area contributed by atoms with E-state index in [1.165, 1.54) is 0 Å². The minimum atomic E-state index is 0.490. The van der Waals surface area contributed by atoms with Crippen LogP contribution in [0.3, 0.4) is 0 Å². The Morgan fingerprint density at radius 3 is 2.65 bits per heavy atom. The molecule has 1 aromatic heterocycles. The highest BCUT2D eigenvalue weighted by Gasteiger charge is 2.02. The predicted molar refractivity (Wildman–Crippen MR) is 72.0 cm³/mol. The van der Waals surface area contributed by atoms with Crippen molar-refractivity contribution in [1.82, 2.24) is 4.98 Å². The zero-order valence-corrected chi connectivity index (χ0v) is 9.75. The van der Waals surface area contributed by atoms with E-state index in [-0.39, 0.29) is 0 Å². The monoisotopic (exact) mass is 239 g/mol. The van der Waals surface area contributed by atoms with E-state index < -0.39 is 0 Å². The fourth-order valence-corrected chi connectivity index (χ4v) is 2.26. The molecule has 0 radical (unpaired) electrons. The molecule has 0 amide bonds. The smallest absolute Gasteiger partial charge is 0.153 e. The van der Waals surface area contributed by atoms with Gasteiger partial charge in [0.25, 0.3) is 0 Å². The first-order chi connectivity index (χ1) is 8.29. The first-order valence-electron chi connectivity index (χ1n) is 5.29. The molecule has 3 aromatic rings. The van der Waals surface area contributed by atoms with Crippen LogP contribution in [-0.4, -0.2) is 11.3 Å². The number of aldehydes is 1. The molecule has 0 aliphatic carbocycles. The van der Waals surface area contributed by atoms with Crippen molar-refractivity contribution in [2.75, 3.05) is 0 Å². The lowest BCUT2D eigenvalue weighted by Crippen LogP contribution is -1.88. The fraction of sp³-hybridized carbons (Fsp3) is 0. The van der Waals surface area contributed by atoms with E-state index >= 15 is 0 Å². The zero-order valence-electron chi connectivity index (χ0n) is 8.94. The molecule has 0 saturated heterocycles. The number of hydrogen-bond acceptors (Lipinski definition) is 2. The number of benzene rings is 2. The Kier molecular flexibility index (Phi) is 2.27. The summed E-state index contributed by atoms with van der Waals surface area (Å²) in [7, 11) is 0. The number of nitrogens with one attached hydrogen (secondary N) is 1. The molecule has 1 heterocycles. The lowest BCUT2D eigenvalue weighted by molar-refractivity contribution is 0.112. The van der Waals surface area contributed by atoms with Crippen molar-refractivity contribution >= 4 is 40.2 Å². The first-order valence-corrected chi connectivity index (χ1v) is 5.70. The van der Waals surface area contributed by atoms with Gasteiger partial charge in [-0.25, -0.2) is 0 Å². The van der Waals surface area contributed by atoms with Gasteiger partial charge in [-0.2, -0.15) is 0 Å². The van der Waals surface area contributed by atoms with Gasteiger partial charge in [0.15, 0.2) is 6.29 Å². The third kappa shape index (κ3) is 1.56. The number of hydrogen-bond donors (Lipinski definition) is 1. The molecule has 2 aromatic carbocycles. The molecule has 0 atom stereocenters. The first kappa shape index (κ1) is 10.2. The Bertz CT molecular complexity index is 789. The van der Waals surface area contributed by atoms with Crippen LogP contribution in [0.1, 0.15) is 10.4 Å². The molecule has 17 heavy (non-hydrogen) atoms. The Balaban J connectivity index is 2.55. The molecule has 0 unspecified atom stereocenters. The molecule has 2 nitrogen and oxygen atoms in total. The summed E-state index contributed by atoms with van der Waals surface area (Å²) >= 11 is 5.15. The van der Waals surface area contributed by atoms with Crippen molar-refractivity contribution in [3.63, 3.8) is 0 Å². The van der Waals surface area contributed by atoms with Crippen molar-refractivity contribution < 1.29 is 4.79 Å². The number of carbonyl (C=O) groups excluding carboxylic acids is 1. The van der Waals surface area contributed by atoms with E-state index in [1.807, 2.05) is 36.4 Å². The Morgan fingerprint density at radius 2 is 1.82 bits per heavy atom. The molecular weight excluding hydrogens is 230 g/mol. The SMILES string of the molecule is O=Cc1cc2ccc3ccccc3c2[nH]c1=S. The summed E-state index contributed by atoms with van der Waals surface area (Å²) in [6, 6.07) is 14.0. The van der Waals surface area contributed by atoms with Crippen LogP contribution in [0, 0.1) is 4.64 Å². The molecule has 0 fully saturated rings. The lowest BCUT2D eigenvalue weighted by Gasteiger charge is -2.04. The highest BCUT2D eigenvalue weighted by molar-refractivity contribution is 7.71. The quantitative estimate of drug-likeness (QED) is 0.397. The maximum absolute atomic E-state index is 10.8. The van der Waals surface area contributed by atoms with Crippen LogP contribution in [-0.2, 0) is 0 Å². The van der Waals surface area contributed by atoms with Crippen molar-refractivity contribution in [3.8, 4) is 0 Å². The van der Waals surface area contributed by atoms with Crippen molar-refractivity contribution in [3.05, 3.63) is 52.7 Å². The molecule has 0 saturated carbocycles. The minimum absolute atomic E-state index is 0.490. The van der Waals surface area contributed by atoms with Crippen LogP contribution < -0.4 is 0 Å². The maximum atomic E-state index is 10.8. The summed E-state index contributed by atoms with van der Waals surface area (Å²) in [5, 5.41) is 3.28. The molecule has 0 spiro atoms. The molecule has 3 rings (SSSR count). The van der Waals surface area contributed by atoms with Gasteiger partial charge in [0.2, 0.25) is 0 Å². The van der Waals surface area contributed by atoms with Gasteiger partial charge in [0, 0.05) is 10.9 Å². The number of aromatic nitrogens is 1. The van der Waals surface area contributed by atoms with E-state index in [0.29, 0.717) is 10.2 Å². The van der Waals surface area contributed by atoms with E-state index in [0.717, 1.165) is 28.0 Å². The summed E-state index contributed by atoms with van der Waals surface area (Å²) < 4.78 is 0.490. The summed E-state index contributed by atoms with van der Waals surface area (Å²) in [5.41, 5.74) is 1.52. The number of pyridine rings is 1. The highest BCUT2D eigenvalue weighted by Crippen LogP contribution is 2.24. The topological polar surface area (TPSA) is 32.9 Å². The van der Waals surface area contributed by atoms with Crippen LogP contribution >= 0.6 is 12.2 Å². The van der Waals surface area contributed by atoms with Gasteiger partial charge in [0.1, 0.15) is 4.64 Å². The number of carbonyl (C=O) groups is 1. The van der Waals surface area contributed by atoms with E-state index in [4.69, 9.17) is 12.2 Å². The van der Waals surface area contributed by atoms with Crippen molar-refractivity contribution in [2.45, 2.75) is 0 Å². The predicted octanol–water partition coefficient (Wildman–Crippen LogP) is 3.86. The minimum Gasteiger partial charge on any atom is -0.345 e. The van der Waals surface area contributed by atoms with Crippen molar-refractivity contribution in [1.29, 1.82) is 0 Å². The normalized spacial score (nSPS) is 10.8. The van der Waals surface area contributed by atoms with Gasteiger partial charge in [-0.1, -0.05) is 48.6 Å². The lowest BCUT2D eigenvalue weighted by atomic mass is 10.1. The van der Waals surface area contributed by atoms with Crippen LogP contribution in [0.4, 0.5) is 0 Å². The summed E-state index contributed by atoms with van der Waals surface area (Å²) in [5.74, 6) is 0. The summed E-state index contributed by atoms with van der Waals surface area (Å²) in [6.45, 7) is 0. The second kappa shape index (κ2) is 3.79. The highest BCUT2D eigenvalue weighted by atomic mass is 32.1. The summed E-state index contributed by atoms with van der Waals surface area (Å²) in [6.07, 6.45) is 0.785. The van der Waals surface area contributed by atoms with Crippen molar-refractivity contribution in [2.24, 2.45) is 0 Å². The Morgan fingerprint density at radius 1 is 1.06 bits per heavy atom. The average molecular weight is 239 g/mol. The molecule has 0 aliphatic rings. The number of fused-ring (bicyclic) bond motifs is 3. The third-order valence-corrected chi connectivity index (χ3v) is 3.24. The van der Waals surface area contributed by atoms with Crippen LogP contribution in [0.15, 0.2) is 42.5 Å². The zero-order chi connectivity index (χ0) is 11.8. The molecule has 3 heteroatoms. The largest absolute Gasteiger partial charge is 0.345 e. The van der Waals surface area contributed by atoms with Gasteiger partial charge in [-0.05, 0) is 16.8 Å². The standard InChI is InChI=1S/C14H9NOS/c16-8-11-7-10-6-5-9-3-1-2-4-12(9)13(10)15-14(11)17/h1-8H,(H,15,17). The second-order valence-corrected chi connectivity index (χ2v) is 4.33. The van der Waals surface area contributed by atoms with E-state index in [9.17, 15) is 4.79 Å². The number of H-pyrrole nitrogens is 1. The Hall–Kier alpha value is -2.00. The fourth-order valence-electron chi connectivity index (χ4n) is 2.05. The Labute approximate surface area is 103 Å². The van der Waals surface area contributed by atoms with Gasteiger partial charge in [0.05, 0.1) is 5.52 Å². The van der Waals surface area contributed by atoms with E-state index in [1.54, 1.807) is 0 Å². The molecule has 0 bridgehead atoms. The molecular formula is C14H9NOS. The van der Waals surface area contributed by atoms with Crippen LogP contribution in [0.2, 0.25) is 0 Å². The average Bonchev–Trinajstić information content (AvgIpc) is 2.38. The summed E-state index contributed by atoms with van der Waals surface area (Å²) in [4.78, 5) is 14.0. The second-order valence-electron chi connectivity index (χ2n) is 3.92. The number of aromatic amines is 1. The van der Waals surface area contributed by atoms with Gasteiger partial charge in [-0.3, -0.25) is 4.79 Å². The molecule has 0 aliphatic heterocycles. The van der Waals surface area contributed by atoms with Gasteiger partial charge in [-0.15, -0.1) is 0 Å². The number of rotatable bonds is 1. The van der Waals surface area contributed by atoms with E-state index in [2.05, 4.69) is 11.1 Å². The maximum Gasteiger partial charge on any atom is 0.153 e. The van der Waals surface area contributed by atoms with Gasteiger partial charge < -0.3 is 4.98 Å². The van der Waals surface area contributed by atoms with Gasteiger partial charge >= 0.3 is 0 Å².